The van der Waals surface area contributed by atoms with E-state index in [2.05, 4.69) is 69.3 Å². The molecule has 0 fully saturated rings. The van der Waals surface area contributed by atoms with E-state index in [-0.39, 0.29) is 6.10 Å². The fourth-order valence-corrected chi connectivity index (χ4v) is 5.95. The van der Waals surface area contributed by atoms with Crippen molar-refractivity contribution < 1.29 is 9.47 Å². The molecule has 0 bridgehead atoms. The zero-order valence-electron chi connectivity index (χ0n) is 28.7. The molecule has 2 heteroatoms. The average molecular weight is 593 g/mol. The second kappa shape index (κ2) is 26.6. The van der Waals surface area contributed by atoms with Crippen LogP contribution in [0.5, 0.6) is 5.75 Å². The van der Waals surface area contributed by atoms with Gasteiger partial charge in [-0.2, -0.15) is 0 Å². The predicted molar refractivity (Wildman–Crippen MR) is 189 cm³/mol. The number of ether oxygens (including phenoxy) is 2. The summed E-state index contributed by atoms with van der Waals surface area (Å²) in [7, 11) is 0. The van der Waals surface area contributed by atoms with Crippen molar-refractivity contribution in [3.8, 4) is 16.9 Å². The van der Waals surface area contributed by atoms with Crippen molar-refractivity contribution in [1.29, 1.82) is 0 Å². The third kappa shape index (κ3) is 19.3. The second-order valence-corrected chi connectivity index (χ2v) is 12.9. The highest BCUT2D eigenvalue weighted by Crippen LogP contribution is 2.26. The van der Waals surface area contributed by atoms with E-state index < -0.39 is 0 Å². The Balaban J connectivity index is 1.50. The van der Waals surface area contributed by atoms with E-state index in [9.17, 15) is 0 Å². The van der Waals surface area contributed by atoms with Crippen LogP contribution in [0, 0.1) is 0 Å². The van der Waals surface area contributed by atoms with Crippen LogP contribution in [0.3, 0.4) is 0 Å². The zero-order chi connectivity index (χ0) is 30.6. The van der Waals surface area contributed by atoms with Crippen molar-refractivity contribution in [3.63, 3.8) is 0 Å². The molecule has 0 amide bonds. The fraction of sp³-hybridized carbons (Fsp3) is 0.707. The molecule has 2 aromatic carbocycles. The van der Waals surface area contributed by atoms with Gasteiger partial charge in [-0.25, -0.2) is 0 Å². The van der Waals surface area contributed by atoms with Gasteiger partial charge in [-0.05, 0) is 48.6 Å². The van der Waals surface area contributed by atoms with Gasteiger partial charge in [0.2, 0.25) is 0 Å². The summed E-state index contributed by atoms with van der Waals surface area (Å²) in [4.78, 5) is 0. The Labute approximate surface area is 267 Å². The van der Waals surface area contributed by atoms with Gasteiger partial charge in [-0.3, -0.25) is 0 Å². The maximum Gasteiger partial charge on any atom is 0.119 e. The molecule has 0 radical (unpaired) electrons. The van der Waals surface area contributed by atoms with E-state index >= 15 is 0 Å². The Hall–Kier alpha value is -1.80. The molecule has 0 aromatic heterocycles. The third-order valence-corrected chi connectivity index (χ3v) is 8.95. The standard InChI is InChI=1S/C41H68O2/c1-4-6-8-10-12-14-16-18-19-21-23-25-35-42-37(3)38-27-29-39(30-28-38)40-31-33-41(34-32-40)43-36-26-24-22-20-17-15-13-11-9-7-5-2/h27-34,37H,4-26,35-36H2,1-3H3. The average Bonchev–Trinajstić information content (AvgIpc) is 3.04. The van der Waals surface area contributed by atoms with Crippen LogP contribution in [-0.2, 0) is 4.74 Å². The summed E-state index contributed by atoms with van der Waals surface area (Å²) in [6.45, 7) is 8.44. The van der Waals surface area contributed by atoms with Crippen LogP contribution in [0.4, 0.5) is 0 Å². The lowest BCUT2D eigenvalue weighted by Gasteiger charge is -2.14. The number of hydrogen-bond donors (Lipinski definition) is 0. The van der Waals surface area contributed by atoms with E-state index in [0.29, 0.717) is 0 Å². The Morgan fingerprint density at radius 1 is 0.419 bits per heavy atom. The quantitative estimate of drug-likeness (QED) is 0.0875. The van der Waals surface area contributed by atoms with Crippen LogP contribution >= 0.6 is 0 Å². The van der Waals surface area contributed by atoms with E-state index in [0.717, 1.165) is 25.4 Å². The van der Waals surface area contributed by atoms with E-state index in [4.69, 9.17) is 9.47 Å². The summed E-state index contributed by atoms with van der Waals surface area (Å²) in [6, 6.07) is 17.5. The molecule has 0 N–H and O–H groups in total. The monoisotopic (exact) mass is 593 g/mol. The first-order chi connectivity index (χ1) is 21.2. The second-order valence-electron chi connectivity index (χ2n) is 12.9. The maximum absolute atomic E-state index is 6.16. The third-order valence-electron chi connectivity index (χ3n) is 8.95. The highest BCUT2D eigenvalue weighted by atomic mass is 16.5. The molecular formula is C41H68O2. The van der Waals surface area contributed by atoms with Crippen molar-refractivity contribution in [2.75, 3.05) is 13.2 Å². The summed E-state index contributed by atoms with van der Waals surface area (Å²) in [5.41, 5.74) is 3.74. The molecule has 0 aliphatic rings. The zero-order valence-corrected chi connectivity index (χ0v) is 28.7. The lowest BCUT2D eigenvalue weighted by molar-refractivity contribution is 0.0627. The van der Waals surface area contributed by atoms with Crippen LogP contribution in [0.2, 0.25) is 0 Å². The SMILES string of the molecule is CCCCCCCCCCCCCCOC(C)c1ccc(-c2ccc(OCCCCCCCCCCCCC)cc2)cc1. The highest BCUT2D eigenvalue weighted by Gasteiger charge is 2.07. The molecule has 0 spiro atoms. The molecule has 0 heterocycles. The van der Waals surface area contributed by atoms with E-state index in [1.54, 1.807) is 0 Å². The Morgan fingerprint density at radius 2 is 0.767 bits per heavy atom. The fourth-order valence-electron chi connectivity index (χ4n) is 5.95. The first kappa shape index (κ1) is 37.4. The number of rotatable bonds is 29. The minimum atomic E-state index is 0.146. The van der Waals surface area contributed by atoms with Gasteiger partial charge in [0.1, 0.15) is 5.75 Å². The predicted octanol–water partition coefficient (Wildman–Crippen LogP) is 13.8. The van der Waals surface area contributed by atoms with Gasteiger partial charge in [-0.1, -0.05) is 185 Å². The molecule has 2 aromatic rings. The molecular weight excluding hydrogens is 524 g/mol. The lowest BCUT2D eigenvalue weighted by Crippen LogP contribution is -2.01. The van der Waals surface area contributed by atoms with Crippen molar-refractivity contribution in [2.45, 2.75) is 175 Å². The maximum atomic E-state index is 6.16. The Morgan fingerprint density at radius 3 is 1.19 bits per heavy atom. The number of benzene rings is 2. The Kier molecular flexibility index (Phi) is 23.1. The topological polar surface area (TPSA) is 18.5 Å². The summed E-state index contributed by atoms with van der Waals surface area (Å²) < 4.78 is 12.2. The summed E-state index contributed by atoms with van der Waals surface area (Å²) in [5.74, 6) is 0.979. The van der Waals surface area contributed by atoms with Gasteiger partial charge in [0, 0.05) is 6.61 Å². The van der Waals surface area contributed by atoms with Crippen molar-refractivity contribution >= 4 is 0 Å². The van der Waals surface area contributed by atoms with Gasteiger partial charge in [0.05, 0.1) is 12.7 Å². The van der Waals surface area contributed by atoms with Gasteiger partial charge < -0.3 is 9.47 Å². The van der Waals surface area contributed by atoms with E-state index in [1.807, 2.05) is 0 Å². The minimum absolute atomic E-state index is 0.146. The molecule has 2 nitrogen and oxygen atoms in total. The largest absolute Gasteiger partial charge is 0.494 e. The van der Waals surface area contributed by atoms with Crippen molar-refractivity contribution in [1.82, 2.24) is 0 Å². The van der Waals surface area contributed by atoms with Crippen molar-refractivity contribution in [3.05, 3.63) is 54.1 Å². The molecule has 0 saturated heterocycles. The van der Waals surface area contributed by atoms with Gasteiger partial charge in [-0.15, -0.1) is 0 Å². The molecule has 0 aliphatic heterocycles. The van der Waals surface area contributed by atoms with Crippen molar-refractivity contribution in [2.24, 2.45) is 0 Å². The van der Waals surface area contributed by atoms with Gasteiger partial charge in [0.25, 0.3) is 0 Å². The molecule has 1 unspecified atom stereocenters. The Bertz CT molecular complexity index is 856. The summed E-state index contributed by atoms with van der Waals surface area (Å²) in [6.07, 6.45) is 31.7. The molecule has 1 atom stereocenters. The van der Waals surface area contributed by atoms with Crippen LogP contribution in [0.15, 0.2) is 48.5 Å². The van der Waals surface area contributed by atoms with Gasteiger partial charge >= 0.3 is 0 Å². The van der Waals surface area contributed by atoms with Crippen LogP contribution < -0.4 is 4.74 Å². The first-order valence-electron chi connectivity index (χ1n) is 18.7. The van der Waals surface area contributed by atoms with Crippen LogP contribution in [-0.4, -0.2) is 13.2 Å². The minimum Gasteiger partial charge on any atom is -0.494 e. The normalized spacial score (nSPS) is 12.1. The molecule has 43 heavy (non-hydrogen) atoms. The first-order valence-corrected chi connectivity index (χ1v) is 18.7. The molecule has 0 aliphatic carbocycles. The van der Waals surface area contributed by atoms with Crippen LogP contribution in [0.1, 0.15) is 180 Å². The summed E-state index contributed by atoms with van der Waals surface area (Å²) in [5, 5.41) is 0. The molecule has 0 saturated carbocycles. The summed E-state index contributed by atoms with van der Waals surface area (Å²) >= 11 is 0. The van der Waals surface area contributed by atoms with Gasteiger partial charge in [0.15, 0.2) is 0 Å². The molecule has 244 valence electrons. The smallest absolute Gasteiger partial charge is 0.119 e. The number of unbranched alkanes of at least 4 members (excludes halogenated alkanes) is 21. The molecule has 2 rings (SSSR count). The van der Waals surface area contributed by atoms with Crippen LogP contribution in [0.25, 0.3) is 11.1 Å². The lowest BCUT2D eigenvalue weighted by atomic mass is 10.0. The van der Waals surface area contributed by atoms with E-state index in [1.165, 1.54) is 158 Å². The number of hydrogen-bond acceptors (Lipinski definition) is 2. The highest BCUT2D eigenvalue weighted by molar-refractivity contribution is 5.64.